The van der Waals surface area contributed by atoms with Gasteiger partial charge in [-0.15, -0.1) is 16.9 Å². The lowest BCUT2D eigenvalue weighted by Gasteiger charge is -2.46. The minimum atomic E-state index is -1.27. The van der Waals surface area contributed by atoms with Gasteiger partial charge in [0.25, 0.3) is 12.4 Å². The fourth-order valence-electron chi connectivity index (χ4n) is 3.45. The van der Waals surface area contributed by atoms with Gasteiger partial charge in [-0.25, -0.2) is 9.48 Å². The number of thioether (sulfide) groups is 2. The number of rotatable bonds is 9. The molecule has 0 bridgehead atoms. The second-order valence-corrected chi connectivity index (χ2v) is 9.25. The standard InChI is InChI=1S/C19H18N6O6S2/c1-24-19(21-22-23-24)32-8-11-14(18(29)30)25-12(27)7-13(25)33-17(11)20-16(28)15(31-9-26)10-5-3-2-4-6-10/h2-6,9,13,15,17H,7-8H2,1H3,(H,20,28)(H,29,30)/t13-,15-,17?/m1/s1. The molecule has 12 nitrogen and oxygen atoms in total. The highest BCUT2D eigenvalue weighted by Crippen LogP contribution is 2.44. The Balaban J connectivity index is 1.64. The predicted molar refractivity (Wildman–Crippen MR) is 115 cm³/mol. The Bertz CT molecular complexity index is 1120. The fourth-order valence-corrected chi connectivity index (χ4v) is 5.91. The van der Waals surface area contributed by atoms with Crippen molar-refractivity contribution in [2.75, 3.05) is 5.75 Å². The van der Waals surface area contributed by atoms with Crippen molar-refractivity contribution in [3.05, 3.63) is 47.2 Å². The van der Waals surface area contributed by atoms with Crippen LogP contribution in [0.15, 0.2) is 46.8 Å². The molecule has 1 unspecified atom stereocenters. The molecule has 2 aliphatic heterocycles. The first-order valence-electron chi connectivity index (χ1n) is 9.64. The van der Waals surface area contributed by atoms with Gasteiger partial charge in [0.2, 0.25) is 17.2 Å². The van der Waals surface area contributed by atoms with E-state index in [0.29, 0.717) is 16.3 Å². The molecule has 0 spiro atoms. The minimum Gasteiger partial charge on any atom is -0.477 e. The summed E-state index contributed by atoms with van der Waals surface area (Å²) in [6, 6.07) is 8.46. The van der Waals surface area contributed by atoms with Gasteiger partial charge in [0.1, 0.15) is 11.1 Å². The Hall–Kier alpha value is -3.39. The number of ether oxygens (including phenoxy) is 1. The number of fused-ring (bicyclic) bond motifs is 1. The summed E-state index contributed by atoms with van der Waals surface area (Å²) < 4.78 is 6.45. The highest BCUT2D eigenvalue weighted by Gasteiger charge is 2.49. The average Bonchev–Trinajstić information content (AvgIpc) is 3.20. The lowest BCUT2D eigenvalue weighted by Crippen LogP contribution is -2.57. The molecular formula is C19H18N6O6S2. The topological polar surface area (TPSA) is 157 Å². The van der Waals surface area contributed by atoms with Crippen LogP contribution in [0.25, 0.3) is 0 Å². The van der Waals surface area contributed by atoms with Crippen molar-refractivity contribution in [3.8, 4) is 0 Å². The fraction of sp³-hybridized carbons (Fsp3) is 0.316. The van der Waals surface area contributed by atoms with Gasteiger partial charge >= 0.3 is 5.97 Å². The molecule has 1 saturated heterocycles. The molecule has 14 heteroatoms. The Morgan fingerprint density at radius 1 is 1.39 bits per heavy atom. The van der Waals surface area contributed by atoms with Crippen molar-refractivity contribution >= 4 is 47.8 Å². The van der Waals surface area contributed by atoms with Crippen LogP contribution in [0.1, 0.15) is 18.1 Å². The number of hydrogen-bond acceptors (Lipinski definition) is 10. The maximum atomic E-state index is 13.1. The smallest absolute Gasteiger partial charge is 0.352 e. The summed E-state index contributed by atoms with van der Waals surface area (Å²) in [6.45, 7) is 0.188. The number of hydrogen-bond donors (Lipinski definition) is 2. The molecule has 2 amide bonds. The summed E-state index contributed by atoms with van der Waals surface area (Å²) in [4.78, 5) is 49.6. The van der Waals surface area contributed by atoms with Gasteiger partial charge in [0, 0.05) is 23.9 Å². The van der Waals surface area contributed by atoms with E-state index in [1.54, 1.807) is 37.4 Å². The molecule has 3 heterocycles. The number of nitrogens with zero attached hydrogens (tertiary/aromatic N) is 5. The third-order valence-electron chi connectivity index (χ3n) is 5.01. The number of tetrazole rings is 1. The molecule has 172 valence electrons. The van der Waals surface area contributed by atoms with Crippen molar-refractivity contribution in [2.24, 2.45) is 7.05 Å². The average molecular weight is 491 g/mol. The van der Waals surface area contributed by atoms with Crippen LogP contribution in [-0.2, 0) is 31.0 Å². The van der Waals surface area contributed by atoms with Crippen molar-refractivity contribution < 1.29 is 29.0 Å². The number of carboxylic acid groups (broad SMARTS) is 1. The highest BCUT2D eigenvalue weighted by atomic mass is 32.2. The summed E-state index contributed by atoms with van der Waals surface area (Å²) in [7, 11) is 1.64. The number of carbonyl (C=O) groups is 4. The third-order valence-corrected chi connectivity index (χ3v) is 7.43. The molecule has 33 heavy (non-hydrogen) atoms. The first kappa shape index (κ1) is 22.8. The number of carboxylic acids is 1. The number of nitrogens with one attached hydrogen (secondary N) is 1. The number of aliphatic carboxylic acids is 1. The van der Waals surface area contributed by atoms with Crippen LogP contribution >= 0.6 is 23.5 Å². The second-order valence-electron chi connectivity index (χ2n) is 7.02. The minimum absolute atomic E-state index is 0.106. The molecule has 3 atom stereocenters. The molecule has 2 aliphatic rings. The van der Waals surface area contributed by atoms with Gasteiger partial charge in [-0.3, -0.25) is 19.3 Å². The zero-order valence-electron chi connectivity index (χ0n) is 17.2. The normalized spacial score (nSPS) is 20.5. The van der Waals surface area contributed by atoms with E-state index in [9.17, 15) is 24.3 Å². The molecule has 2 N–H and O–H groups in total. The molecule has 1 aromatic carbocycles. The van der Waals surface area contributed by atoms with E-state index in [1.165, 1.54) is 33.1 Å². The van der Waals surface area contributed by atoms with E-state index in [0.717, 1.165) is 0 Å². The first-order valence-corrected chi connectivity index (χ1v) is 11.6. The second kappa shape index (κ2) is 9.62. The Kier molecular flexibility index (Phi) is 6.65. The van der Waals surface area contributed by atoms with Gasteiger partial charge in [-0.05, 0) is 10.4 Å². The zero-order chi connectivity index (χ0) is 23.5. The van der Waals surface area contributed by atoms with Crippen LogP contribution in [0.2, 0.25) is 0 Å². The molecular weight excluding hydrogens is 472 g/mol. The van der Waals surface area contributed by atoms with Crippen molar-refractivity contribution in [1.29, 1.82) is 0 Å². The number of β-lactam (4-membered cyclic amide) rings is 1. The van der Waals surface area contributed by atoms with Gasteiger partial charge < -0.3 is 15.2 Å². The van der Waals surface area contributed by atoms with Crippen LogP contribution in [0.5, 0.6) is 0 Å². The third kappa shape index (κ3) is 4.57. The number of amides is 2. The largest absolute Gasteiger partial charge is 0.477 e. The number of benzene rings is 1. The van der Waals surface area contributed by atoms with Crippen LogP contribution in [0.3, 0.4) is 0 Å². The van der Waals surface area contributed by atoms with Gasteiger partial charge in [0.05, 0.1) is 11.8 Å². The number of aryl methyl sites for hydroxylation is 1. The summed E-state index contributed by atoms with van der Waals surface area (Å²) in [6.07, 6.45) is -1.05. The summed E-state index contributed by atoms with van der Waals surface area (Å²) in [5.41, 5.74) is 0.610. The van der Waals surface area contributed by atoms with Crippen LogP contribution in [-0.4, -0.2) is 71.0 Å². The van der Waals surface area contributed by atoms with Gasteiger partial charge in [-0.1, -0.05) is 42.1 Å². The number of aromatic nitrogens is 4. The van der Waals surface area contributed by atoms with E-state index in [1.807, 2.05) is 0 Å². The van der Waals surface area contributed by atoms with Crippen LogP contribution in [0.4, 0.5) is 0 Å². The lowest BCUT2D eigenvalue weighted by atomic mass is 10.1. The maximum Gasteiger partial charge on any atom is 0.352 e. The van der Waals surface area contributed by atoms with Crippen molar-refractivity contribution in [3.63, 3.8) is 0 Å². The van der Waals surface area contributed by atoms with E-state index in [2.05, 4.69) is 20.8 Å². The summed E-state index contributed by atoms with van der Waals surface area (Å²) in [5, 5.41) is 23.1. The van der Waals surface area contributed by atoms with Crippen molar-refractivity contribution in [2.45, 2.75) is 28.4 Å². The van der Waals surface area contributed by atoms with E-state index in [4.69, 9.17) is 4.74 Å². The molecule has 4 rings (SSSR count). The SMILES string of the molecule is Cn1nnnc1SCC1=C(C(=O)O)N2C(=O)C[C@H]2SC1NC(=O)[C@H](OC=O)c1ccccc1. The Labute approximate surface area is 195 Å². The van der Waals surface area contributed by atoms with Gasteiger partial charge in [-0.2, -0.15) is 0 Å². The monoisotopic (exact) mass is 490 g/mol. The summed E-state index contributed by atoms with van der Waals surface area (Å²) >= 11 is 2.42. The van der Waals surface area contributed by atoms with E-state index < -0.39 is 28.7 Å². The predicted octanol–water partition coefficient (Wildman–Crippen LogP) is 0.303. The molecule has 0 saturated carbocycles. The molecule has 2 aromatic rings. The van der Waals surface area contributed by atoms with E-state index in [-0.39, 0.29) is 30.3 Å². The maximum absolute atomic E-state index is 13.1. The number of carbonyl (C=O) groups excluding carboxylic acids is 3. The lowest BCUT2D eigenvalue weighted by molar-refractivity contribution is -0.146. The quantitative estimate of drug-likeness (QED) is 0.283. The summed E-state index contributed by atoms with van der Waals surface area (Å²) in [5.74, 6) is -2.08. The molecule has 0 aliphatic carbocycles. The molecule has 1 aromatic heterocycles. The van der Waals surface area contributed by atoms with Crippen LogP contribution in [0, 0.1) is 0 Å². The molecule has 1 fully saturated rings. The Morgan fingerprint density at radius 3 is 2.76 bits per heavy atom. The highest BCUT2D eigenvalue weighted by molar-refractivity contribution is 8.01. The van der Waals surface area contributed by atoms with Crippen molar-refractivity contribution in [1.82, 2.24) is 30.4 Å². The Morgan fingerprint density at radius 2 is 2.15 bits per heavy atom. The van der Waals surface area contributed by atoms with Crippen LogP contribution < -0.4 is 5.32 Å². The van der Waals surface area contributed by atoms with Gasteiger partial charge in [0.15, 0.2) is 0 Å². The zero-order valence-corrected chi connectivity index (χ0v) is 18.8. The molecule has 0 radical (unpaired) electrons. The van der Waals surface area contributed by atoms with E-state index >= 15 is 0 Å². The first-order chi connectivity index (χ1) is 15.9.